The summed E-state index contributed by atoms with van der Waals surface area (Å²) in [6.07, 6.45) is 1.04. The van der Waals surface area contributed by atoms with Crippen molar-refractivity contribution in [3.05, 3.63) is 5.82 Å². The Morgan fingerprint density at radius 2 is 2.06 bits per heavy atom. The van der Waals surface area contributed by atoms with Crippen molar-refractivity contribution in [2.45, 2.75) is 19.5 Å². The van der Waals surface area contributed by atoms with Gasteiger partial charge in [0, 0.05) is 26.2 Å². The molecule has 2 heterocycles. The molecule has 0 saturated carbocycles. The summed E-state index contributed by atoms with van der Waals surface area (Å²) in [5.74, 6) is 0.752. The van der Waals surface area contributed by atoms with Crippen LogP contribution >= 0.6 is 0 Å². The molecule has 16 heavy (non-hydrogen) atoms. The maximum absolute atomic E-state index is 5.52. The molecule has 0 unspecified atom stereocenters. The molecule has 1 saturated heterocycles. The predicted octanol–water partition coefficient (Wildman–Crippen LogP) is -1.15. The smallest absolute Gasteiger partial charge is 0.164 e. The first-order valence-electron chi connectivity index (χ1n) is 5.65. The van der Waals surface area contributed by atoms with Gasteiger partial charge in [0.1, 0.15) is 0 Å². The predicted molar refractivity (Wildman–Crippen MR) is 57.6 cm³/mol. The molecule has 90 valence electrons. The number of rotatable bonds is 5. The molecule has 0 bridgehead atoms. The van der Waals surface area contributed by atoms with Crippen molar-refractivity contribution in [3.63, 3.8) is 0 Å². The summed E-state index contributed by atoms with van der Waals surface area (Å²) >= 11 is 0. The van der Waals surface area contributed by atoms with E-state index in [1.54, 1.807) is 4.68 Å². The maximum atomic E-state index is 5.52. The molecule has 0 atom stereocenters. The van der Waals surface area contributed by atoms with Crippen molar-refractivity contribution in [1.82, 2.24) is 25.1 Å². The molecule has 1 fully saturated rings. The Morgan fingerprint density at radius 3 is 2.81 bits per heavy atom. The third kappa shape index (κ3) is 2.97. The van der Waals surface area contributed by atoms with Crippen LogP contribution in [0.3, 0.4) is 0 Å². The highest BCUT2D eigenvalue weighted by Crippen LogP contribution is 2.00. The zero-order valence-electron chi connectivity index (χ0n) is 9.38. The van der Waals surface area contributed by atoms with Gasteiger partial charge in [-0.15, -0.1) is 5.10 Å². The van der Waals surface area contributed by atoms with Gasteiger partial charge in [-0.05, 0) is 16.8 Å². The van der Waals surface area contributed by atoms with Gasteiger partial charge in [0.05, 0.1) is 19.8 Å². The van der Waals surface area contributed by atoms with Crippen LogP contribution in [-0.4, -0.2) is 58.0 Å². The van der Waals surface area contributed by atoms with Crippen molar-refractivity contribution in [3.8, 4) is 0 Å². The number of morpholine rings is 1. The van der Waals surface area contributed by atoms with E-state index in [4.69, 9.17) is 10.5 Å². The van der Waals surface area contributed by atoms with E-state index in [1.807, 2.05) is 0 Å². The van der Waals surface area contributed by atoms with E-state index in [0.717, 1.165) is 51.6 Å². The van der Waals surface area contributed by atoms with E-state index in [0.29, 0.717) is 6.54 Å². The number of hydrogen-bond donors (Lipinski definition) is 1. The second-order valence-corrected chi connectivity index (χ2v) is 3.83. The molecule has 7 nitrogen and oxygen atoms in total. The lowest BCUT2D eigenvalue weighted by atomic mass is 10.3. The topological polar surface area (TPSA) is 82.1 Å². The number of aromatic nitrogens is 4. The molecule has 0 amide bonds. The Labute approximate surface area is 94.5 Å². The third-order valence-electron chi connectivity index (χ3n) is 2.74. The molecular weight excluding hydrogens is 208 g/mol. The molecule has 7 heteroatoms. The summed E-state index contributed by atoms with van der Waals surface area (Å²) in [7, 11) is 0. The highest BCUT2D eigenvalue weighted by Gasteiger charge is 2.10. The van der Waals surface area contributed by atoms with Gasteiger partial charge in [-0.3, -0.25) is 4.90 Å². The second-order valence-electron chi connectivity index (χ2n) is 3.83. The Kier molecular flexibility index (Phi) is 4.20. The molecular formula is C9H18N6O. The van der Waals surface area contributed by atoms with Crippen molar-refractivity contribution in [2.75, 3.05) is 32.8 Å². The van der Waals surface area contributed by atoms with Crippen LogP contribution < -0.4 is 5.73 Å². The lowest BCUT2D eigenvalue weighted by Gasteiger charge is -2.26. The minimum Gasteiger partial charge on any atom is -0.379 e. The van der Waals surface area contributed by atoms with Gasteiger partial charge in [-0.25, -0.2) is 4.68 Å². The van der Waals surface area contributed by atoms with Crippen LogP contribution in [0.4, 0.5) is 0 Å². The standard InChI is InChI=1S/C9H18N6O/c10-8-9-11-12-13-15(9)3-1-2-14-4-6-16-7-5-14/h1-8,10H2. The summed E-state index contributed by atoms with van der Waals surface area (Å²) in [5.41, 5.74) is 5.52. The summed E-state index contributed by atoms with van der Waals surface area (Å²) in [4.78, 5) is 2.40. The highest BCUT2D eigenvalue weighted by molar-refractivity contribution is 4.77. The SMILES string of the molecule is NCc1nnnn1CCCN1CCOCC1. The summed E-state index contributed by atoms with van der Waals surface area (Å²) in [6, 6.07) is 0. The molecule has 1 aliphatic rings. The highest BCUT2D eigenvalue weighted by atomic mass is 16.5. The Morgan fingerprint density at radius 1 is 1.25 bits per heavy atom. The van der Waals surface area contributed by atoms with E-state index in [1.165, 1.54) is 0 Å². The fraction of sp³-hybridized carbons (Fsp3) is 0.889. The van der Waals surface area contributed by atoms with E-state index in [9.17, 15) is 0 Å². The molecule has 0 radical (unpaired) electrons. The van der Waals surface area contributed by atoms with Crippen LogP contribution in [0, 0.1) is 0 Å². The lowest BCUT2D eigenvalue weighted by molar-refractivity contribution is 0.0368. The van der Waals surface area contributed by atoms with Crippen molar-refractivity contribution in [1.29, 1.82) is 0 Å². The van der Waals surface area contributed by atoms with Gasteiger partial charge in [0.2, 0.25) is 0 Å². The van der Waals surface area contributed by atoms with Crippen LogP contribution in [-0.2, 0) is 17.8 Å². The normalized spacial score (nSPS) is 17.8. The van der Waals surface area contributed by atoms with Gasteiger partial charge in [-0.2, -0.15) is 0 Å². The molecule has 0 aromatic carbocycles. The zero-order chi connectivity index (χ0) is 11.2. The van der Waals surface area contributed by atoms with Crippen LogP contribution in [0.15, 0.2) is 0 Å². The molecule has 2 rings (SSSR count). The summed E-state index contributed by atoms with van der Waals surface area (Å²) in [6.45, 7) is 6.03. The second kappa shape index (κ2) is 5.88. The average Bonchev–Trinajstić information content (AvgIpc) is 2.78. The molecule has 0 aliphatic carbocycles. The number of ether oxygens (including phenoxy) is 1. The Hall–Kier alpha value is -1.05. The number of hydrogen-bond acceptors (Lipinski definition) is 6. The van der Waals surface area contributed by atoms with Crippen molar-refractivity contribution < 1.29 is 4.74 Å². The maximum Gasteiger partial charge on any atom is 0.164 e. The number of nitrogens with zero attached hydrogens (tertiary/aromatic N) is 5. The molecule has 1 aliphatic heterocycles. The number of tetrazole rings is 1. The lowest BCUT2D eigenvalue weighted by Crippen LogP contribution is -2.37. The van der Waals surface area contributed by atoms with Gasteiger partial charge >= 0.3 is 0 Å². The third-order valence-corrected chi connectivity index (χ3v) is 2.74. The summed E-state index contributed by atoms with van der Waals surface area (Å²) < 4.78 is 7.07. The van der Waals surface area contributed by atoms with Crippen LogP contribution in [0.2, 0.25) is 0 Å². The largest absolute Gasteiger partial charge is 0.379 e. The number of nitrogens with two attached hydrogens (primary N) is 1. The average molecular weight is 226 g/mol. The fourth-order valence-electron chi connectivity index (χ4n) is 1.81. The first kappa shape index (κ1) is 11.4. The molecule has 2 N–H and O–H groups in total. The monoisotopic (exact) mass is 226 g/mol. The molecule has 1 aromatic heterocycles. The van der Waals surface area contributed by atoms with E-state index in [-0.39, 0.29) is 0 Å². The van der Waals surface area contributed by atoms with Gasteiger partial charge in [0.15, 0.2) is 5.82 Å². The van der Waals surface area contributed by atoms with Gasteiger partial charge in [-0.1, -0.05) is 0 Å². The Balaban J connectivity index is 1.71. The number of aryl methyl sites for hydroxylation is 1. The van der Waals surface area contributed by atoms with Gasteiger partial charge < -0.3 is 10.5 Å². The van der Waals surface area contributed by atoms with E-state index >= 15 is 0 Å². The molecule has 1 aromatic rings. The summed E-state index contributed by atoms with van der Waals surface area (Å²) in [5, 5.41) is 11.4. The van der Waals surface area contributed by atoms with Crippen LogP contribution in [0.5, 0.6) is 0 Å². The van der Waals surface area contributed by atoms with Crippen molar-refractivity contribution in [2.24, 2.45) is 5.73 Å². The quantitative estimate of drug-likeness (QED) is 0.683. The first-order chi connectivity index (χ1) is 7.90. The minimum atomic E-state index is 0.393. The zero-order valence-corrected chi connectivity index (χ0v) is 9.38. The van der Waals surface area contributed by atoms with Crippen LogP contribution in [0.1, 0.15) is 12.2 Å². The van der Waals surface area contributed by atoms with Crippen molar-refractivity contribution >= 4 is 0 Å². The van der Waals surface area contributed by atoms with Crippen LogP contribution in [0.25, 0.3) is 0 Å². The van der Waals surface area contributed by atoms with E-state index in [2.05, 4.69) is 20.4 Å². The first-order valence-corrected chi connectivity index (χ1v) is 5.65. The Bertz CT molecular complexity index is 309. The van der Waals surface area contributed by atoms with E-state index < -0.39 is 0 Å². The van der Waals surface area contributed by atoms with Gasteiger partial charge in [0.25, 0.3) is 0 Å². The molecule has 0 spiro atoms. The fourth-order valence-corrected chi connectivity index (χ4v) is 1.81. The minimum absolute atomic E-state index is 0.393.